The van der Waals surface area contributed by atoms with E-state index < -0.39 is 41.3 Å². The molecule has 2 aliphatic heterocycles. The van der Waals surface area contributed by atoms with Crippen LogP contribution in [0.2, 0.25) is 0 Å². The molecule has 0 radical (unpaired) electrons. The topological polar surface area (TPSA) is 123 Å². The average Bonchev–Trinajstić information content (AvgIpc) is 3.05. The second-order valence-corrected chi connectivity index (χ2v) is 6.90. The molecule has 1 saturated heterocycles. The maximum atomic E-state index is 12.9. The summed E-state index contributed by atoms with van der Waals surface area (Å²) in [4.78, 5) is 39.4. The van der Waals surface area contributed by atoms with E-state index in [2.05, 4.69) is 6.07 Å². The second kappa shape index (κ2) is 7.43. The number of methoxy groups -OCH3 is 2. The van der Waals surface area contributed by atoms with Crippen LogP contribution in [-0.2, 0) is 23.9 Å². The smallest absolute Gasteiger partial charge is 0.339 e. The highest BCUT2D eigenvalue weighted by Gasteiger charge is 2.66. The molecule has 0 aliphatic carbocycles. The molecule has 0 saturated carbocycles. The van der Waals surface area contributed by atoms with Crippen molar-refractivity contribution < 1.29 is 23.9 Å². The third-order valence-corrected chi connectivity index (χ3v) is 5.69. The predicted molar refractivity (Wildman–Crippen MR) is 102 cm³/mol. The number of benzene rings is 1. The summed E-state index contributed by atoms with van der Waals surface area (Å²) in [5.74, 6) is -2.99. The van der Waals surface area contributed by atoms with Gasteiger partial charge in [0.25, 0.3) is 0 Å². The Labute approximate surface area is 168 Å². The molecule has 2 aliphatic rings. The summed E-state index contributed by atoms with van der Waals surface area (Å²) < 4.78 is 9.84. The van der Waals surface area contributed by atoms with E-state index in [1.807, 2.05) is 0 Å². The third-order valence-electron chi connectivity index (χ3n) is 5.69. The zero-order valence-corrected chi connectivity index (χ0v) is 16.3. The fourth-order valence-electron chi connectivity index (χ4n) is 4.39. The molecule has 8 heteroatoms. The van der Waals surface area contributed by atoms with Crippen LogP contribution in [0.5, 0.6) is 0 Å². The van der Waals surface area contributed by atoms with Crippen molar-refractivity contribution in [3.8, 4) is 6.07 Å². The standard InChI is InChI=1S/C21H21N3O5/c1-12-14(18(25)28-2)9-10-15-21(11-22,20(23)27)16(13-7-5-4-6-8-13)17(24(12)15)19(26)29-3/h4-10,15-17H,1-3H3,(H2,23,27)/t15-,16-,17+,21-/m1/s1. The van der Waals surface area contributed by atoms with Gasteiger partial charge in [-0.05, 0) is 18.6 Å². The number of nitrogens with two attached hydrogens (primary N) is 1. The number of carbonyl (C=O) groups excluding carboxylic acids is 3. The molecule has 0 unspecified atom stereocenters. The Morgan fingerprint density at radius 1 is 1.17 bits per heavy atom. The van der Waals surface area contributed by atoms with Crippen molar-refractivity contribution in [1.29, 1.82) is 5.26 Å². The number of allylic oxidation sites excluding steroid dienone is 1. The number of amides is 1. The van der Waals surface area contributed by atoms with Crippen LogP contribution in [0.4, 0.5) is 0 Å². The summed E-state index contributed by atoms with van der Waals surface area (Å²) in [6.45, 7) is 1.63. The highest BCUT2D eigenvalue weighted by Crippen LogP contribution is 2.54. The summed E-state index contributed by atoms with van der Waals surface area (Å²) in [6, 6.07) is 8.97. The van der Waals surface area contributed by atoms with Crippen LogP contribution < -0.4 is 5.73 Å². The molecule has 29 heavy (non-hydrogen) atoms. The molecule has 8 nitrogen and oxygen atoms in total. The number of primary amides is 1. The van der Waals surface area contributed by atoms with Crippen molar-refractivity contribution in [2.75, 3.05) is 14.2 Å². The highest BCUT2D eigenvalue weighted by atomic mass is 16.5. The first-order chi connectivity index (χ1) is 13.8. The Morgan fingerprint density at radius 2 is 1.83 bits per heavy atom. The average molecular weight is 395 g/mol. The third kappa shape index (κ3) is 2.78. The molecule has 0 spiro atoms. The van der Waals surface area contributed by atoms with Gasteiger partial charge < -0.3 is 20.1 Å². The van der Waals surface area contributed by atoms with Crippen molar-refractivity contribution in [3.63, 3.8) is 0 Å². The fourth-order valence-corrected chi connectivity index (χ4v) is 4.39. The van der Waals surface area contributed by atoms with Gasteiger partial charge in [0, 0.05) is 11.6 Å². The number of nitrogens with zero attached hydrogens (tertiary/aromatic N) is 2. The molecular formula is C21H21N3O5. The first-order valence-corrected chi connectivity index (χ1v) is 8.94. The normalized spacial score (nSPS) is 27.8. The Morgan fingerprint density at radius 3 is 2.34 bits per heavy atom. The molecule has 4 atom stereocenters. The minimum absolute atomic E-state index is 0.225. The van der Waals surface area contributed by atoms with Gasteiger partial charge in [-0.3, -0.25) is 4.79 Å². The monoisotopic (exact) mass is 395 g/mol. The Hall–Kier alpha value is -3.60. The van der Waals surface area contributed by atoms with Gasteiger partial charge in [0.2, 0.25) is 5.91 Å². The lowest BCUT2D eigenvalue weighted by Crippen LogP contribution is -2.48. The summed E-state index contributed by atoms with van der Waals surface area (Å²) in [5.41, 5.74) is 5.24. The van der Waals surface area contributed by atoms with E-state index in [0.717, 1.165) is 0 Å². The fraction of sp³-hybridized carbons (Fsp3) is 0.333. The van der Waals surface area contributed by atoms with Gasteiger partial charge in [0.15, 0.2) is 5.41 Å². The van der Waals surface area contributed by atoms with Crippen LogP contribution in [0.25, 0.3) is 0 Å². The SMILES string of the molecule is COC(=O)C1=C(C)N2[C@H](C(=O)OC)[C@@H](c3ccccc3)[C@](C#N)(C(N)=O)[C@H]2C=C1. The van der Waals surface area contributed by atoms with Crippen molar-refractivity contribution >= 4 is 17.8 Å². The van der Waals surface area contributed by atoms with Crippen LogP contribution in [0.3, 0.4) is 0 Å². The maximum Gasteiger partial charge on any atom is 0.339 e. The first kappa shape index (κ1) is 20.1. The quantitative estimate of drug-likeness (QED) is 0.755. The summed E-state index contributed by atoms with van der Waals surface area (Å²) in [5, 5.41) is 10.2. The lowest BCUT2D eigenvalue weighted by atomic mass is 9.68. The molecule has 0 aromatic heterocycles. The van der Waals surface area contributed by atoms with E-state index >= 15 is 0 Å². The highest BCUT2D eigenvalue weighted by molar-refractivity contribution is 5.95. The van der Waals surface area contributed by atoms with E-state index in [0.29, 0.717) is 11.3 Å². The number of ether oxygens (including phenoxy) is 2. The number of fused-ring (bicyclic) bond motifs is 1. The van der Waals surface area contributed by atoms with Crippen LogP contribution in [0.15, 0.2) is 53.8 Å². The molecule has 0 bridgehead atoms. The van der Waals surface area contributed by atoms with Gasteiger partial charge in [-0.2, -0.15) is 5.26 Å². The Balaban J connectivity index is 2.33. The predicted octanol–water partition coefficient (Wildman–Crippen LogP) is 1.01. The Bertz CT molecular complexity index is 962. The number of nitriles is 1. The first-order valence-electron chi connectivity index (χ1n) is 8.94. The lowest BCUT2D eigenvalue weighted by molar-refractivity contribution is -0.146. The van der Waals surface area contributed by atoms with Crippen LogP contribution >= 0.6 is 0 Å². The van der Waals surface area contributed by atoms with Crippen LogP contribution in [0, 0.1) is 16.7 Å². The summed E-state index contributed by atoms with van der Waals surface area (Å²) >= 11 is 0. The number of carbonyl (C=O) groups is 3. The van der Waals surface area contributed by atoms with E-state index in [9.17, 15) is 19.6 Å². The van der Waals surface area contributed by atoms with Crippen molar-refractivity contribution in [2.45, 2.75) is 24.9 Å². The lowest BCUT2D eigenvalue weighted by Gasteiger charge is -2.35. The van der Waals surface area contributed by atoms with Crippen LogP contribution in [0.1, 0.15) is 18.4 Å². The maximum absolute atomic E-state index is 12.9. The molecule has 150 valence electrons. The van der Waals surface area contributed by atoms with Gasteiger partial charge in [0.05, 0.1) is 31.9 Å². The van der Waals surface area contributed by atoms with Crippen LogP contribution in [-0.4, -0.2) is 49.0 Å². The zero-order chi connectivity index (χ0) is 21.3. The number of hydrogen-bond acceptors (Lipinski definition) is 7. The molecule has 1 aromatic carbocycles. The molecule has 1 aromatic rings. The Kier molecular flexibility index (Phi) is 5.16. The van der Waals surface area contributed by atoms with Crippen molar-refractivity contribution in [1.82, 2.24) is 4.90 Å². The molecule has 1 amide bonds. The largest absolute Gasteiger partial charge is 0.467 e. The number of rotatable bonds is 4. The number of esters is 2. The second-order valence-electron chi connectivity index (χ2n) is 6.90. The van der Waals surface area contributed by atoms with Gasteiger partial charge in [-0.1, -0.05) is 36.4 Å². The number of hydrogen-bond donors (Lipinski definition) is 1. The van der Waals surface area contributed by atoms with Gasteiger partial charge in [0.1, 0.15) is 6.04 Å². The van der Waals surface area contributed by atoms with E-state index in [1.54, 1.807) is 48.2 Å². The van der Waals surface area contributed by atoms with E-state index in [-0.39, 0.29) is 5.57 Å². The molecular weight excluding hydrogens is 374 g/mol. The molecule has 3 rings (SSSR count). The minimum atomic E-state index is -1.75. The van der Waals surface area contributed by atoms with E-state index in [4.69, 9.17) is 15.2 Å². The van der Waals surface area contributed by atoms with Gasteiger partial charge in [-0.15, -0.1) is 0 Å². The summed E-state index contributed by atoms with van der Waals surface area (Å²) in [7, 11) is 2.48. The van der Waals surface area contributed by atoms with Crippen molar-refractivity contribution in [2.24, 2.45) is 11.1 Å². The molecule has 2 heterocycles. The van der Waals surface area contributed by atoms with Gasteiger partial charge in [-0.25, -0.2) is 9.59 Å². The van der Waals surface area contributed by atoms with Gasteiger partial charge >= 0.3 is 11.9 Å². The molecule has 1 fully saturated rings. The van der Waals surface area contributed by atoms with E-state index in [1.165, 1.54) is 20.3 Å². The summed E-state index contributed by atoms with van der Waals surface area (Å²) in [6.07, 6.45) is 3.05. The zero-order valence-electron chi connectivity index (χ0n) is 16.3. The minimum Gasteiger partial charge on any atom is -0.467 e. The molecule has 2 N–H and O–H groups in total. The van der Waals surface area contributed by atoms with Crippen molar-refractivity contribution in [3.05, 3.63) is 59.3 Å².